The Bertz CT molecular complexity index is 140. The molecule has 66 valence electrons. The van der Waals surface area contributed by atoms with Crippen LogP contribution in [0.1, 0.15) is 0 Å². The van der Waals surface area contributed by atoms with Crippen LogP contribution in [-0.2, 0) is 4.79 Å². The van der Waals surface area contributed by atoms with Crippen molar-refractivity contribution in [1.82, 2.24) is 0 Å². The summed E-state index contributed by atoms with van der Waals surface area (Å²) in [5, 5.41) is 26.5. The van der Waals surface area contributed by atoms with E-state index in [9.17, 15) is 4.79 Å². The van der Waals surface area contributed by atoms with Crippen LogP contribution in [0.2, 0.25) is 0 Å². The molecule has 0 spiro atoms. The zero-order valence-corrected chi connectivity index (χ0v) is 8.62. The molecule has 0 aromatic carbocycles. The monoisotopic (exact) mass is 290 g/mol. The fourth-order valence-electron chi connectivity index (χ4n) is 0.432. The molecule has 6 heteroatoms. The molecule has 0 rings (SSSR count). The fraction of sp³-hybridized carbons (Fsp3) is 0.800. The number of hydrogen-bond acceptors (Lipinski definition) is 3. The zero-order valence-electron chi connectivity index (χ0n) is 5.44. The molecule has 0 heterocycles. The van der Waals surface area contributed by atoms with E-state index in [-0.39, 0.29) is 5.33 Å². The molecule has 0 fully saturated rings. The lowest BCUT2D eigenvalue weighted by atomic mass is 10.2. The fourth-order valence-corrected chi connectivity index (χ4v) is 1.17. The van der Waals surface area contributed by atoms with Gasteiger partial charge in [0.05, 0.1) is 6.10 Å². The predicted octanol–water partition coefficient (Wildman–Crippen LogP) is -0.0488. The Balaban J connectivity index is 4.00. The number of halogens is 2. The first-order chi connectivity index (χ1) is 5.00. The second-order valence-corrected chi connectivity index (χ2v) is 3.59. The van der Waals surface area contributed by atoms with Gasteiger partial charge in [0.2, 0.25) is 0 Å². The third kappa shape index (κ3) is 3.50. The molecule has 3 atom stereocenters. The molecule has 0 saturated carbocycles. The van der Waals surface area contributed by atoms with E-state index < -0.39 is 23.0 Å². The topological polar surface area (TPSA) is 77.8 Å². The average molecular weight is 292 g/mol. The minimum Gasteiger partial charge on any atom is -0.480 e. The molecule has 0 unspecified atom stereocenters. The Morgan fingerprint density at radius 3 is 2.18 bits per heavy atom. The van der Waals surface area contributed by atoms with Gasteiger partial charge >= 0.3 is 5.97 Å². The third-order valence-corrected chi connectivity index (χ3v) is 2.68. The van der Waals surface area contributed by atoms with Crippen molar-refractivity contribution in [1.29, 1.82) is 0 Å². The second kappa shape index (κ2) is 5.08. The van der Waals surface area contributed by atoms with Crippen LogP contribution < -0.4 is 0 Å². The van der Waals surface area contributed by atoms with Gasteiger partial charge in [-0.2, -0.15) is 0 Å². The maximum absolute atomic E-state index is 10.2. The molecule has 4 nitrogen and oxygen atoms in total. The summed E-state index contributed by atoms with van der Waals surface area (Å²) in [6.07, 6.45) is -2.37. The van der Waals surface area contributed by atoms with Gasteiger partial charge in [0.25, 0.3) is 0 Å². The van der Waals surface area contributed by atoms with Crippen LogP contribution >= 0.6 is 31.9 Å². The lowest BCUT2D eigenvalue weighted by Gasteiger charge is -2.17. The van der Waals surface area contributed by atoms with Crippen molar-refractivity contribution in [3.8, 4) is 0 Å². The van der Waals surface area contributed by atoms with Gasteiger partial charge in [-0.3, -0.25) is 4.79 Å². The molecule has 0 aliphatic heterocycles. The Morgan fingerprint density at radius 1 is 1.45 bits per heavy atom. The summed E-state index contributed by atoms with van der Waals surface area (Å²) in [7, 11) is 0. The molecule has 0 aliphatic carbocycles. The normalized spacial score (nSPS) is 18.9. The van der Waals surface area contributed by atoms with E-state index in [0.717, 1.165) is 0 Å². The van der Waals surface area contributed by atoms with Crippen LogP contribution in [0.5, 0.6) is 0 Å². The Hall–Kier alpha value is 0.350. The van der Waals surface area contributed by atoms with E-state index in [1.807, 2.05) is 0 Å². The third-order valence-electron chi connectivity index (χ3n) is 1.09. The molecule has 0 bridgehead atoms. The van der Waals surface area contributed by atoms with E-state index in [2.05, 4.69) is 31.9 Å². The van der Waals surface area contributed by atoms with Crippen molar-refractivity contribution in [3.63, 3.8) is 0 Å². The summed E-state index contributed by atoms with van der Waals surface area (Å²) in [5.74, 6) is -1.20. The van der Waals surface area contributed by atoms with Crippen LogP contribution in [0.3, 0.4) is 0 Å². The highest BCUT2D eigenvalue weighted by Gasteiger charge is 2.28. The molecule has 0 aromatic rings. The predicted molar refractivity (Wildman–Crippen MR) is 46.2 cm³/mol. The van der Waals surface area contributed by atoms with Crippen molar-refractivity contribution >= 4 is 37.8 Å². The molecule has 3 N–H and O–H groups in total. The average Bonchev–Trinajstić information content (AvgIpc) is 2.00. The number of aliphatic carboxylic acids is 1. The molecule has 0 aliphatic rings. The van der Waals surface area contributed by atoms with Crippen LogP contribution in [0, 0.1) is 0 Å². The van der Waals surface area contributed by atoms with E-state index in [4.69, 9.17) is 15.3 Å². The van der Waals surface area contributed by atoms with Gasteiger partial charge in [-0.25, -0.2) is 0 Å². The van der Waals surface area contributed by atoms with Gasteiger partial charge in [0.15, 0.2) is 0 Å². The number of rotatable bonds is 4. The number of aliphatic hydroxyl groups is 2. The van der Waals surface area contributed by atoms with Gasteiger partial charge < -0.3 is 15.3 Å². The highest BCUT2D eigenvalue weighted by molar-refractivity contribution is 9.10. The Morgan fingerprint density at radius 2 is 1.91 bits per heavy atom. The number of carbonyl (C=O) groups is 1. The molecule has 0 amide bonds. The summed E-state index contributed by atoms with van der Waals surface area (Å²) in [4.78, 5) is 9.10. The van der Waals surface area contributed by atoms with E-state index >= 15 is 0 Å². The Labute approximate surface area is 80.5 Å². The van der Waals surface area contributed by atoms with Gasteiger partial charge in [0.1, 0.15) is 10.9 Å². The highest BCUT2D eigenvalue weighted by atomic mass is 79.9. The Kier molecular flexibility index (Phi) is 5.24. The summed E-state index contributed by atoms with van der Waals surface area (Å²) >= 11 is 5.63. The summed E-state index contributed by atoms with van der Waals surface area (Å²) in [6, 6.07) is 0. The molecule has 11 heavy (non-hydrogen) atoms. The smallest absolute Gasteiger partial charge is 0.320 e. The minimum atomic E-state index is -1.30. The van der Waals surface area contributed by atoms with Crippen LogP contribution in [0.25, 0.3) is 0 Å². The van der Waals surface area contributed by atoms with Crippen LogP contribution in [-0.4, -0.2) is 43.7 Å². The first kappa shape index (κ1) is 11.4. The highest BCUT2D eigenvalue weighted by Crippen LogP contribution is 2.11. The lowest BCUT2D eigenvalue weighted by Crippen LogP contribution is -2.39. The molecule has 0 aromatic heterocycles. The number of alkyl halides is 2. The van der Waals surface area contributed by atoms with Crippen molar-refractivity contribution in [3.05, 3.63) is 0 Å². The van der Waals surface area contributed by atoms with E-state index in [1.165, 1.54) is 0 Å². The van der Waals surface area contributed by atoms with E-state index in [0.29, 0.717) is 0 Å². The van der Waals surface area contributed by atoms with Gasteiger partial charge in [-0.1, -0.05) is 31.9 Å². The standard InChI is InChI=1S/C5H8Br2O4/c6-1-2(8)4(9)3(7)5(10)11/h2-4,8-9H,1H2,(H,10,11)/t2-,3+,4+/m1/s1. The van der Waals surface area contributed by atoms with Gasteiger partial charge in [-0.15, -0.1) is 0 Å². The molecular weight excluding hydrogens is 284 g/mol. The minimum absolute atomic E-state index is 0.142. The maximum Gasteiger partial charge on any atom is 0.320 e. The van der Waals surface area contributed by atoms with Crippen molar-refractivity contribution in [2.45, 2.75) is 17.0 Å². The number of carboxylic acids is 1. The van der Waals surface area contributed by atoms with Crippen molar-refractivity contribution in [2.75, 3.05) is 5.33 Å². The van der Waals surface area contributed by atoms with Crippen molar-refractivity contribution in [2.24, 2.45) is 0 Å². The number of aliphatic hydroxyl groups excluding tert-OH is 2. The zero-order chi connectivity index (χ0) is 9.02. The van der Waals surface area contributed by atoms with Crippen molar-refractivity contribution < 1.29 is 20.1 Å². The quantitative estimate of drug-likeness (QED) is 0.635. The van der Waals surface area contributed by atoms with Gasteiger partial charge in [-0.05, 0) is 0 Å². The molecular formula is C5H8Br2O4. The lowest BCUT2D eigenvalue weighted by molar-refractivity contribution is -0.139. The molecule has 0 saturated heterocycles. The SMILES string of the molecule is O=C(O)[C@@H](Br)[C@@H](O)[C@H](O)CBr. The summed E-state index contributed by atoms with van der Waals surface area (Å²) < 4.78 is 0. The first-order valence-corrected chi connectivity index (χ1v) is 4.83. The molecule has 0 radical (unpaired) electrons. The first-order valence-electron chi connectivity index (χ1n) is 2.79. The van der Waals surface area contributed by atoms with Gasteiger partial charge in [0, 0.05) is 5.33 Å². The summed E-state index contributed by atoms with van der Waals surface area (Å²) in [5.41, 5.74) is 0. The van der Waals surface area contributed by atoms with Crippen LogP contribution in [0.4, 0.5) is 0 Å². The number of carboxylic acid groups (broad SMARTS) is 1. The second-order valence-electron chi connectivity index (χ2n) is 1.95. The summed E-state index contributed by atoms with van der Waals surface area (Å²) in [6.45, 7) is 0. The van der Waals surface area contributed by atoms with Crippen LogP contribution in [0.15, 0.2) is 0 Å². The largest absolute Gasteiger partial charge is 0.480 e. The van der Waals surface area contributed by atoms with E-state index in [1.54, 1.807) is 0 Å². The number of hydrogen-bond donors (Lipinski definition) is 3. The maximum atomic E-state index is 10.2.